The van der Waals surface area contributed by atoms with Gasteiger partial charge in [-0.05, 0) is 42.2 Å². The number of hydrogen-bond donors (Lipinski definition) is 3. The van der Waals surface area contributed by atoms with Crippen molar-refractivity contribution in [2.24, 2.45) is 0 Å². The van der Waals surface area contributed by atoms with E-state index in [1.807, 2.05) is 49.4 Å². The molecule has 0 saturated carbocycles. The highest BCUT2D eigenvalue weighted by Gasteiger charge is 2.06. The van der Waals surface area contributed by atoms with Gasteiger partial charge in [0.2, 0.25) is 5.91 Å². The molecule has 1 amide bonds. The molecule has 128 valence electrons. The number of aliphatic hydroxyl groups is 1. The third-order valence-electron chi connectivity index (χ3n) is 3.96. The SMILES string of the molecule is CCCC(=O)Nc1ccc(CNC(C)c2cccc(CO)c2)cc1. The molecule has 4 heteroatoms. The minimum absolute atomic E-state index is 0.0563. The van der Waals surface area contributed by atoms with E-state index in [-0.39, 0.29) is 18.6 Å². The highest BCUT2D eigenvalue weighted by molar-refractivity contribution is 5.90. The number of anilines is 1. The van der Waals surface area contributed by atoms with Gasteiger partial charge in [0.05, 0.1) is 6.61 Å². The van der Waals surface area contributed by atoms with E-state index in [1.165, 1.54) is 0 Å². The van der Waals surface area contributed by atoms with Crippen LogP contribution in [0.2, 0.25) is 0 Å². The summed E-state index contributed by atoms with van der Waals surface area (Å²) >= 11 is 0. The van der Waals surface area contributed by atoms with Crippen LogP contribution < -0.4 is 10.6 Å². The van der Waals surface area contributed by atoms with Crippen LogP contribution in [0.25, 0.3) is 0 Å². The van der Waals surface area contributed by atoms with Crippen molar-refractivity contribution < 1.29 is 9.90 Å². The first-order chi connectivity index (χ1) is 11.6. The molecule has 24 heavy (non-hydrogen) atoms. The molecule has 1 atom stereocenters. The van der Waals surface area contributed by atoms with E-state index in [0.29, 0.717) is 6.42 Å². The van der Waals surface area contributed by atoms with Crippen LogP contribution in [-0.4, -0.2) is 11.0 Å². The van der Waals surface area contributed by atoms with Crippen LogP contribution in [0.15, 0.2) is 48.5 Å². The lowest BCUT2D eigenvalue weighted by atomic mass is 10.1. The second-order valence-electron chi connectivity index (χ2n) is 6.00. The highest BCUT2D eigenvalue weighted by Crippen LogP contribution is 2.16. The van der Waals surface area contributed by atoms with Crippen LogP contribution in [0.3, 0.4) is 0 Å². The smallest absolute Gasteiger partial charge is 0.224 e. The molecule has 2 aromatic rings. The molecule has 0 fully saturated rings. The predicted octanol–water partition coefficient (Wildman–Crippen LogP) is 3.77. The zero-order chi connectivity index (χ0) is 17.4. The number of aliphatic hydroxyl groups excluding tert-OH is 1. The van der Waals surface area contributed by atoms with Crippen LogP contribution in [0.5, 0.6) is 0 Å². The van der Waals surface area contributed by atoms with E-state index in [1.54, 1.807) is 0 Å². The van der Waals surface area contributed by atoms with Gasteiger partial charge in [0, 0.05) is 24.7 Å². The van der Waals surface area contributed by atoms with Crippen molar-refractivity contribution in [3.05, 3.63) is 65.2 Å². The molecule has 1 unspecified atom stereocenters. The molecule has 3 N–H and O–H groups in total. The second-order valence-corrected chi connectivity index (χ2v) is 6.00. The van der Waals surface area contributed by atoms with Crippen LogP contribution >= 0.6 is 0 Å². The molecule has 2 aromatic carbocycles. The normalized spacial score (nSPS) is 12.0. The van der Waals surface area contributed by atoms with E-state index in [9.17, 15) is 9.90 Å². The molecule has 0 heterocycles. The minimum atomic E-state index is 0.0563. The lowest BCUT2D eigenvalue weighted by Crippen LogP contribution is -2.18. The third-order valence-corrected chi connectivity index (χ3v) is 3.96. The Morgan fingerprint density at radius 1 is 1.12 bits per heavy atom. The fourth-order valence-corrected chi connectivity index (χ4v) is 2.51. The topological polar surface area (TPSA) is 61.4 Å². The van der Waals surface area contributed by atoms with Crippen molar-refractivity contribution in [2.75, 3.05) is 5.32 Å². The fraction of sp³-hybridized carbons (Fsp3) is 0.350. The Kier molecular flexibility index (Phi) is 6.97. The Labute approximate surface area is 143 Å². The molecule has 4 nitrogen and oxygen atoms in total. The summed E-state index contributed by atoms with van der Waals surface area (Å²) in [6.07, 6.45) is 1.40. The van der Waals surface area contributed by atoms with Crippen molar-refractivity contribution in [1.29, 1.82) is 0 Å². The number of hydrogen-bond acceptors (Lipinski definition) is 3. The zero-order valence-electron chi connectivity index (χ0n) is 14.4. The van der Waals surface area contributed by atoms with Gasteiger partial charge in [-0.25, -0.2) is 0 Å². The molecule has 0 aliphatic heterocycles. The lowest BCUT2D eigenvalue weighted by Gasteiger charge is -2.15. The summed E-state index contributed by atoms with van der Waals surface area (Å²) in [5.74, 6) is 0.0563. The molecular weight excluding hydrogens is 300 g/mol. The first-order valence-electron chi connectivity index (χ1n) is 8.44. The standard InChI is InChI=1S/C20H26N2O2/c1-3-5-20(24)22-19-10-8-16(9-11-19)13-21-15(2)18-7-4-6-17(12-18)14-23/h4,6-12,15,21,23H,3,5,13-14H2,1-2H3,(H,22,24). The van der Waals surface area contributed by atoms with E-state index in [0.717, 1.165) is 35.3 Å². The van der Waals surface area contributed by atoms with Gasteiger partial charge in [-0.1, -0.05) is 43.3 Å². The van der Waals surface area contributed by atoms with Crippen LogP contribution in [-0.2, 0) is 17.9 Å². The van der Waals surface area contributed by atoms with Crippen molar-refractivity contribution in [3.8, 4) is 0 Å². The summed E-state index contributed by atoms with van der Waals surface area (Å²) < 4.78 is 0. The van der Waals surface area contributed by atoms with Gasteiger partial charge in [-0.3, -0.25) is 4.79 Å². The summed E-state index contributed by atoms with van der Waals surface area (Å²) in [5, 5.41) is 15.6. The van der Waals surface area contributed by atoms with Gasteiger partial charge < -0.3 is 15.7 Å². The molecule has 0 bridgehead atoms. The minimum Gasteiger partial charge on any atom is -0.392 e. The lowest BCUT2D eigenvalue weighted by molar-refractivity contribution is -0.116. The summed E-state index contributed by atoms with van der Waals surface area (Å²) in [6, 6.07) is 16.1. The van der Waals surface area contributed by atoms with Crippen molar-refractivity contribution in [3.63, 3.8) is 0 Å². The molecule has 0 aromatic heterocycles. The first kappa shape index (κ1) is 18.2. The molecule has 0 aliphatic rings. The van der Waals surface area contributed by atoms with Crippen LogP contribution in [0.1, 0.15) is 49.4 Å². The maximum absolute atomic E-state index is 11.6. The monoisotopic (exact) mass is 326 g/mol. The maximum Gasteiger partial charge on any atom is 0.224 e. The third kappa shape index (κ3) is 5.48. The maximum atomic E-state index is 11.6. The van der Waals surface area contributed by atoms with Crippen molar-refractivity contribution in [2.45, 2.75) is 45.9 Å². The Balaban J connectivity index is 1.88. The average Bonchev–Trinajstić information content (AvgIpc) is 2.61. The quantitative estimate of drug-likeness (QED) is 0.692. The molecule has 2 rings (SSSR count). The van der Waals surface area contributed by atoms with E-state index < -0.39 is 0 Å². The summed E-state index contributed by atoms with van der Waals surface area (Å²) in [6.45, 7) is 4.90. The van der Waals surface area contributed by atoms with Gasteiger partial charge in [-0.2, -0.15) is 0 Å². The summed E-state index contributed by atoms with van der Waals surface area (Å²) in [5.41, 5.74) is 4.08. The van der Waals surface area contributed by atoms with E-state index in [2.05, 4.69) is 23.6 Å². The molecule has 0 spiro atoms. The van der Waals surface area contributed by atoms with Crippen LogP contribution in [0.4, 0.5) is 5.69 Å². The number of carbonyl (C=O) groups is 1. The van der Waals surface area contributed by atoms with E-state index in [4.69, 9.17) is 0 Å². The molecule has 0 saturated heterocycles. The number of rotatable bonds is 8. The first-order valence-corrected chi connectivity index (χ1v) is 8.44. The zero-order valence-corrected chi connectivity index (χ0v) is 14.4. The summed E-state index contributed by atoms with van der Waals surface area (Å²) in [4.78, 5) is 11.6. The fourth-order valence-electron chi connectivity index (χ4n) is 2.51. The molecule has 0 radical (unpaired) electrons. The number of amides is 1. The summed E-state index contributed by atoms with van der Waals surface area (Å²) in [7, 11) is 0. The Morgan fingerprint density at radius 3 is 2.54 bits per heavy atom. The number of nitrogens with one attached hydrogen (secondary N) is 2. The number of benzene rings is 2. The van der Waals surface area contributed by atoms with Gasteiger partial charge in [0.1, 0.15) is 0 Å². The second kappa shape index (κ2) is 9.21. The molecular formula is C20H26N2O2. The predicted molar refractivity (Wildman–Crippen MR) is 97.6 cm³/mol. The Hall–Kier alpha value is -2.17. The Morgan fingerprint density at radius 2 is 1.88 bits per heavy atom. The van der Waals surface area contributed by atoms with Crippen LogP contribution in [0, 0.1) is 0 Å². The van der Waals surface area contributed by atoms with Crippen molar-refractivity contribution in [1.82, 2.24) is 5.32 Å². The van der Waals surface area contributed by atoms with Crippen molar-refractivity contribution >= 4 is 11.6 Å². The van der Waals surface area contributed by atoms with Gasteiger partial charge in [0.25, 0.3) is 0 Å². The Bertz CT molecular complexity index is 653. The van der Waals surface area contributed by atoms with Gasteiger partial charge in [-0.15, -0.1) is 0 Å². The van der Waals surface area contributed by atoms with Gasteiger partial charge in [0.15, 0.2) is 0 Å². The van der Waals surface area contributed by atoms with E-state index >= 15 is 0 Å². The number of carbonyl (C=O) groups excluding carboxylic acids is 1. The average molecular weight is 326 g/mol. The molecule has 0 aliphatic carbocycles. The largest absolute Gasteiger partial charge is 0.392 e. The van der Waals surface area contributed by atoms with Gasteiger partial charge >= 0.3 is 0 Å². The highest BCUT2D eigenvalue weighted by atomic mass is 16.3.